The first kappa shape index (κ1) is 20.0. The molecule has 0 aliphatic heterocycles. The molecule has 11 heteroatoms. The summed E-state index contributed by atoms with van der Waals surface area (Å²) in [6.07, 6.45) is 0. The zero-order chi connectivity index (χ0) is 18.8. The van der Waals surface area contributed by atoms with Crippen LogP contribution >= 0.6 is 56.0 Å². The largest absolute Gasteiger partial charge is 0.350 e. The fourth-order valence-electron chi connectivity index (χ4n) is 2.63. The van der Waals surface area contributed by atoms with Crippen LogP contribution in [0.2, 0.25) is 5.02 Å². The van der Waals surface area contributed by atoms with Gasteiger partial charge in [0.1, 0.15) is 0 Å². The van der Waals surface area contributed by atoms with E-state index in [2.05, 4.69) is 43.0 Å². The van der Waals surface area contributed by atoms with Crippen molar-refractivity contribution in [2.24, 2.45) is 7.05 Å². The average Bonchev–Trinajstić information content (AvgIpc) is 2.95. The van der Waals surface area contributed by atoms with E-state index in [1.807, 2.05) is 12.1 Å². The molecule has 0 radical (unpaired) electrons. The van der Waals surface area contributed by atoms with Gasteiger partial charge in [0.25, 0.3) is 5.56 Å². The van der Waals surface area contributed by atoms with E-state index in [4.69, 9.17) is 16.1 Å². The highest BCUT2D eigenvalue weighted by Crippen LogP contribution is 2.21. The van der Waals surface area contributed by atoms with Crippen molar-refractivity contribution in [3.8, 4) is 0 Å². The minimum Gasteiger partial charge on any atom is -0.350 e. The summed E-state index contributed by atoms with van der Waals surface area (Å²) in [7, 11) is 1.60. The molecule has 0 aliphatic rings. The fraction of sp³-hybridized carbons (Fsp3) is 0.267. The van der Waals surface area contributed by atoms with Crippen molar-refractivity contribution < 1.29 is 4.52 Å². The molecule has 0 amide bonds. The van der Waals surface area contributed by atoms with E-state index in [0.717, 1.165) is 5.56 Å². The summed E-state index contributed by atoms with van der Waals surface area (Å²) in [5.41, 5.74) is 0.880. The number of nitrogens with zero attached hydrogens (tertiary/aromatic N) is 4. The van der Waals surface area contributed by atoms with E-state index in [-0.39, 0.29) is 18.6 Å². The van der Waals surface area contributed by atoms with Gasteiger partial charge in [-0.3, -0.25) is 13.9 Å². The predicted octanol–water partition coefficient (Wildman–Crippen LogP) is 3.32. The molecule has 3 rings (SSSR count). The van der Waals surface area contributed by atoms with Crippen molar-refractivity contribution in [3.05, 3.63) is 60.4 Å². The Morgan fingerprint density at radius 3 is 2.62 bits per heavy atom. The molecular formula is C15H14BrClIN4O3P. The van der Waals surface area contributed by atoms with Crippen LogP contribution in [0.3, 0.4) is 0 Å². The lowest BCUT2D eigenvalue weighted by Crippen LogP contribution is -2.40. The number of aryl methyl sites for hydroxylation is 1. The van der Waals surface area contributed by atoms with Gasteiger partial charge in [-0.15, -0.1) is 0 Å². The molecule has 138 valence electrons. The van der Waals surface area contributed by atoms with Gasteiger partial charge in [-0.05, 0) is 55.7 Å². The molecule has 0 fully saturated rings. The summed E-state index contributed by atoms with van der Waals surface area (Å²) in [5, 5.41) is 0.643. The predicted molar refractivity (Wildman–Crippen MR) is 116 cm³/mol. The molecular weight excluding hydrogens is 557 g/mol. The van der Waals surface area contributed by atoms with Gasteiger partial charge >= 0.3 is 5.69 Å². The Kier molecular flexibility index (Phi) is 6.55. The Hall–Kier alpha value is -0.740. The Balaban J connectivity index is 2.14. The number of aromatic nitrogens is 4. The normalized spacial score (nSPS) is 11.8. The summed E-state index contributed by atoms with van der Waals surface area (Å²) >= 11 is 11.4. The molecule has 0 aliphatic carbocycles. The first-order valence-electron chi connectivity index (χ1n) is 7.51. The van der Waals surface area contributed by atoms with E-state index in [1.165, 1.54) is 9.13 Å². The van der Waals surface area contributed by atoms with E-state index in [9.17, 15) is 9.59 Å². The first-order valence-corrected chi connectivity index (χ1v) is 12.7. The van der Waals surface area contributed by atoms with Gasteiger partial charge in [-0.2, -0.15) is 0 Å². The quantitative estimate of drug-likeness (QED) is 0.197. The maximum atomic E-state index is 13.0. The average molecular weight is 572 g/mol. The number of hydrogen-bond acceptors (Lipinski definition) is 4. The molecule has 0 saturated heterocycles. The highest BCUT2D eigenvalue weighted by atomic mass is 127. The number of rotatable bonds is 6. The highest BCUT2D eigenvalue weighted by molar-refractivity contribution is 14.2. The molecule has 3 aromatic rings. The molecule has 2 aromatic heterocycles. The van der Waals surface area contributed by atoms with Crippen molar-refractivity contribution in [3.63, 3.8) is 0 Å². The Morgan fingerprint density at radius 1 is 1.27 bits per heavy atom. The summed E-state index contributed by atoms with van der Waals surface area (Å²) in [5.74, 6) is 0. The second-order valence-electron chi connectivity index (χ2n) is 5.49. The van der Waals surface area contributed by atoms with Gasteiger partial charge < -0.3 is 9.09 Å². The van der Waals surface area contributed by atoms with Crippen LogP contribution in [0.5, 0.6) is 0 Å². The second-order valence-corrected chi connectivity index (χ2v) is 8.40. The summed E-state index contributed by atoms with van der Waals surface area (Å²) in [6, 6.07) is 7.35. The number of halogens is 3. The third-order valence-electron chi connectivity index (χ3n) is 3.91. The van der Waals surface area contributed by atoms with Crippen LogP contribution < -0.4 is 11.2 Å². The molecule has 2 heterocycles. The number of hydrogen-bond donors (Lipinski definition) is 0. The maximum absolute atomic E-state index is 13.0. The lowest BCUT2D eigenvalue weighted by molar-refractivity contribution is 0.337. The standard InChI is InChI=1S/C15H14BrClIN4O3P/c1-20-12-11(13(23)21(15(20)24)6-7-25-26-18)22(14(16)19-12)8-9-2-4-10(17)5-3-9/h2-5,26H,6-8H2,1H3. The molecule has 1 unspecified atom stereocenters. The molecule has 0 spiro atoms. The van der Waals surface area contributed by atoms with Crippen LogP contribution in [0.1, 0.15) is 5.56 Å². The minimum absolute atomic E-state index is 0.196. The van der Waals surface area contributed by atoms with Gasteiger partial charge in [0.2, 0.25) is 0 Å². The Bertz CT molecular complexity index is 1060. The van der Waals surface area contributed by atoms with Gasteiger partial charge in [0.05, 0.1) is 26.1 Å². The van der Waals surface area contributed by atoms with Crippen LogP contribution in [0.4, 0.5) is 0 Å². The first-order chi connectivity index (χ1) is 12.4. The number of benzene rings is 1. The molecule has 1 atom stereocenters. The lowest BCUT2D eigenvalue weighted by Gasteiger charge is -2.10. The van der Waals surface area contributed by atoms with Gasteiger partial charge in [0.15, 0.2) is 15.9 Å². The van der Waals surface area contributed by atoms with Crippen LogP contribution in [0.25, 0.3) is 11.2 Å². The van der Waals surface area contributed by atoms with Crippen LogP contribution in [-0.2, 0) is 24.7 Å². The van der Waals surface area contributed by atoms with Crippen molar-refractivity contribution in [1.29, 1.82) is 0 Å². The minimum atomic E-state index is -0.411. The highest BCUT2D eigenvalue weighted by Gasteiger charge is 2.19. The molecule has 0 N–H and O–H groups in total. The monoisotopic (exact) mass is 570 g/mol. The van der Waals surface area contributed by atoms with Crippen LogP contribution in [0.15, 0.2) is 38.6 Å². The van der Waals surface area contributed by atoms with E-state index < -0.39 is 5.69 Å². The summed E-state index contributed by atoms with van der Waals surface area (Å²) in [6.45, 7) is 1.19. The summed E-state index contributed by atoms with van der Waals surface area (Å²) < 4.78 is 10.1. The topological polar surface area (TPSA) is 71.1 Å². The zero-order valence-corrected chi connectivity index (χ0v) is 19.1. The fourth-order valence-corrected chi connectivity index (χ4v) is 4.06. The van der Waals surface area contributed by atoms with E-state index >= 15 is 0 Å². The maximum Gasteiger partial charge on any atom is 0.332 e. The Labute approximate surface area is 176 Å². The molecule has 1 aromatic carbocycles. The number of imidazole rings is 1. The van der Waals surface area contributed by atoms with Crippen LogP contribution in [0, 0.1) is 0 Å². The third-order valence-corrected chi connectivity index (χ3v) is 6.02. The van der Waals surface area contributed by atoms with Gasteiger partial charge in [-0.25, -0.2) is 9.78 Å². The molecule has 26 heavy (non-hydrogen) atoms. The zero-order valence-electron chi connectivity index (χ0n) is 13.6. The van der Waals surface area contributed by atoms with E-state index in [0.29, 0.717) is 34.1 Å². The van der Waals surface area contributed by atoms with Crippen molar-refractivity contribution >= 4 is 67.2 Å². The van der Waals surface area contributed by atoms with Gasteiger partial charge in [0, 0.05) is 12.1 Å². The summed E-state index contributed by atoms with van der Waals surface area (Å²) in [4.78, 5) is 29.8. The Morgan fingerprint density at radius 2 is 1.96 bits per heavy atom. The van der Waals surface area contributed by atoms with Crippen molar-refractivity contribution in [2.75, 3.05) is 6.61 Å². The SMILES string of the molecule is Cn1c(=O)n(CCOPI)c(=O)c2c1nc(Br)n2Cc1ccc(Cl)cc1. The smallest absolute Gasteiger partial charge is 0.332 e. The molecule has 0 bridgehead atoms. The molecule has 7 nitrogen and oxygen atoms in total. The van der Waals surface area contributed by atoms with Gasteiger partial charge in [-0.1, -0.05) is 23.7 Å². The number of fused-ring (bicyclic) bond motifs is 1. The van der Waals surface area contributed by atoms with E-state index in [1.54, 1.807) is 23.7 Å². The van der Waals surface area contributed by atoms with Crippen molar-refractivity contribution in [1.82, 2.24) is 18.7 Å². The third kappa shape index (κ3) is 3.91. The molecule has 0 saturated carbocycles. The lowest BCUT2D eigenvalue weighted by atomic mass is 10.2. The van der Waals surface area contributed by atoms with Crippen LogP contribution in [-0.4, -0.2) is 25.3 Å². The van der Waals surface area contributed by atoms with Crippen molar-refractivity contribution in [2.45, 2.75) is 13.1 Å². The second kappa shape index (κ2) is 8.52.